The van der Waals surface area contributed by atoms with Crippen molar-refractivity contribution >= 4 is 21.4 Å². The molecule has 0 radical (unpaired) electrons. The lowest BCUT2D eigenvalue weighted by Crippen LogP contribution is -2.27. The highest BCUT2D eigenvalue weighted by atomic mass is 32.2. The van der Waals surface area contributed by atoms with Gasteiger partial charge in [-0.1, -0.05) is 0 Å². The van der Waals surface area contributed by atoms with Crippen LogP contribution in [0.25, 0.3) is 5.52 Å². The number of hydrogen-bond acceptors (Lipinski definition) is 5. The molecule has 0 aliphatic heterocycles. The predicted molar refractivity (Wildman–Crippen MR) is 69.1 cm³/mol. The molecule has 2 aromatic rings. The molecule has 0 unspecified atom stereocenters. The van der Waals surface area contributed by atoms with Crippen LogP contribution in [0.15, 0.2) is 18.5 Å². The second kappa shape index (κ2) is 4.91. The Balaban J connectivity index is 2.03. The highest BCUT2D eigenvalue weighted by Crippen LogP contribution is 2.13. The van der Waals surface area contributed by atoms with E-state index >= 15 is 0 Å². The molecule has 18 heavy (non-hydrogen) atoms. The zero-order valence-corrected chi connectivity index (χ0v) is 11.0. The summed E-state index contributed by atoms with van der Waals surface area (Å²) in [6.45, 7) is 2.68. The zero-order valence-electron chi connectivity index (χ0n) is 10.2. The molecular formula is C10H15N5O2S. The Hall–Kier alpha value is -1.67. The van der Waals surface area contributed by atoms with Gasteiger partial charge in [0.2, 0.25) is 10.0 Å². The lowest BCUT2D eigenvalue weighted by atomic mass is 10.4. The molecule has 0 saturated heterocycles. The molecule has 2 aromatic heterocycles. The lowest BCUT2D eigenvalue weighted by molar-refractivity contribution is 0.589. The molecule has 8 heteroatoms. The van der Waals surface area contributed by atoms with Gasteiger partial charge < -0.3 is 5.32 Å². The first-order valence-corrected chi connectivity index (χ1v) is 7.34. The van der Waals surface area contributed by atoms with Gasteiger partial charge in [-0.2, -0.15) is 5.10 Å². The van der Waals surface area contributed by atoms with Gasteiger partial charge in [0.1, 0.15) is 5.52 Å². The van der Waals surface area contributed by atoms with Crippen LogP contribution in [0.3, 0.4) is 0 Å². The van der Waals surface area contributed by atoms with Crippen LogP contribution in [0.4, 0.5) is 5.82 Å². The van der Waals surface area contributed by atoms with Crippen molar-refractivity contribution in [3.8, 4) is 0 Å². The van der Waals surface area contributed by atoms with Gasteiger partial charge >= 0.3 is 0 Å². The van der Waals surface area contributed by atoms with Crippen LogP contribution in [-0.4, -0.2) is 42.4 Å². The molecule has 0 aliphatic carbocycles. The summed E-state index contributed by atoms with van der Waals surface area (Å²) in [5, 5.41) is 7.34. The van der Waals surface area contributed by atoms with E-state index in [1.807, 2.05) is 13.0 Å². The Morgan fingerprint density at radius 3 is 2.89 bits per heavy atom. The van der Waals surface area contributed by atoms with Crippen LogP contribution < -0.4 is 10.0 Å². The quantitative estimate of drug-likeness (QED) is 0.746. The number of aryl methyl sites for hydroxylation is 1. The molecule has 0 spiro atoms. The van der Waals surface area contributed by atoms with E-state index in [0.29, 0.717) is 18.9 Å². The minimum Gasteiger partial charge on any atom is -0.367 e. The third-order valence-electron chi connectivity index (χ3n) is 2.29. The van der Waals surface area contributed by atoms with Crippen molar-refractivity contribution in [2.24, 2.45) is 0 Å². The molecule has 2 rings (SSSR count). The number of aromatic nitrogens is 3. The van der Waals surface area contributed by atoms with E-state index in [9.17, 15) is 8.42 Å². The highest BCUT2D eigenvalue weighted by Gasteiger charge is 2.05. The maximum Gasteiger partial charge on any atom is 0.208 e. The normalized spacial score (nSPS) is 11.9. The molecule has 0 amide bonds. The standard InChI is InChI=1S/C10H15N5O2S/c1-8-7-9-10(12-5-6-15(9)14-8)11-3-4-13-18(2,16)17/h5-7,13H,3-4H2,1-2H3,(H,11,12). The molecule has 0 bridgehead atoms. The minimum atomic E-state index is -3.14. The summed E-state index contributed by atoms with van der Waals surface area (Å²) in [4.78, 5) is 4.21. The molecule has 0 atom stereocenters. The predicted octanol–water partition coefficient (Wildman–Crippen LogP) is -0.00118. The number of anilines is 1. The average Bonchev–Trinajstić information content (AvgIpc) is 2.64. The average molecular weight is 269 g/mol. The number of nitrogens with zero attached hydrogens (tertiary/aromatic N) is 3. The fraction of sp³-hybridized carbons (Fsp3) is 0.400. The molecule has 7 nitrogen and oxygen atoms in total. The van der Waals surface area contributed by atoms with Crippen LogP contribution in [-0.2, 0) is 10.0 Å². The second-order valence-electron chi connectivity index (χ2n) is 3.98. The van der Waals surface area contributed by atoms with E-state index in [4.69, 9.17) is 0 Å². The summed E-state index contributed by atoms with van der Waals surface area (Å²) in [5.74, 6) is 0.688. The molecule has 0 aromatic carbocycles. The summed E-state index contributed by atoms with van der Waals surface area (Å²) in [6.07, 6.45) is 4.54. The molecule has 0 fully saturated rings. The molecule has 2 heterocycles. The van der Waals surface area contributed by atoms with Crippen LogP contribution in [0, 0.1) is 6.92 Å². The Bertz CT molecular complexity index is 649. The van der Waals surface area contributed by atoms with Gasteiger partial charge in [0.05, 0.1) is 11.9 Å². The summed E-state index contributed by atoms with van der Waals surface area (Å²) >= 11 is 0. The third kappa shape index (κ3) is 3.17. The highest BCUT2D eigenvalue weighted by molar-refractivity contribution is 7.88. The first-order valence-electron chi connectivity index (χ1n) is 5.45. The van der Waals surface area contributed by atoms with Crippen molar-refractivity contribution < 1.29 is 8.42 Å². The molecular weight excluding hydrogens is 254 g/mol. The molecule has 0 aliphatic rings. The smallest absolute Gasteiger partial charge is 0.208 e. The minimum absolute atomic E-state index is 0.314. The fourth-order valence-corrected chi connectivity index (χ4v) is 2.07. The molecule has 98 valence electrons. The van der Waals surface area contributed by atoms with Crippen molar-refractivity contribution in [3.05, 3.63) is 24.2 Å². The second-order valence-corrected chi connectivity index (χ2v) is 5.82. The van der Waals surface area contributed by atoms with Gasteiger partial charge in [-0.25, -0.2) is 22.6 Å². The van der Waals surface area contributed by atoms with E-state index in [0.717, 1.165) is 17.5 Å². The van der Waals surface area contributed by atoms with Gasteiger partial charge in [-0.3, -0.25) is 0 Å². The topological polar surface area (TPSA) is 88.4 Å². The van der Waals surface area contributed by atoms with E-state index in [1.165, 1.54) is 0 Å². The summed E-state index contributed by atoms with van der Waals surface area (Å²) in [7, 11) is -3.14. The van der Waals surface area contributed by atoms with Crippen molar-refractivity contribution in [1.29, 1.82) is 0 Å². The van der Waals surface area contributed by atoms with E-state index in [2.05, 4.69) is 20.1 Å². The number of rotatable bonds is 5. The van der Waals surface area contributed by atoms with E-state index in [-0.39, 0.29) is 0 Å². The van der Waals surface area contributed by atoms with Crippen molar-refractivity contribution in [2.45, 2.75) is 6.92 Å². The first-order chi connectivity index (χ1) is 8.46. The maximum absolute atomic E-state index is 10.9. The number of fused-ring (bicyclic) bond motifs is 1. The number of sulfonamides is 1. The Morgan fingerprint density at radius 1 is 1.39 bits per heavy atom. The summed E-state index contributed by atoms with van der Waals surface area (Å²) < 4.78 is 25.9. The van der Waals surface area contributed by atoms with Gasteiger partial charge in [0.15, 0.2) is 5.82 Å². The van der Waals surface area contributed by atoms with Gasteiger partial charge in [-0.15, -0.1) is 0 Å². The van der Waals surface area contributed by atoms with Crippen molar-refractivity contribution in [3.63, 3.8) is 0 Å². The van der Waals surface area contributed by atoms with Crippen LogP contribution >= 0.6 is 0 Å². The third-order valence-corrected chi connectivity index (χ3v) is 3.02. The lowest BCUT2D eigenvalue weighted by Gasteiger charge is -2.06. The Kier molecular flexibility index (Phi) is 3.48. The Labute approximate surface area is 105 Å². The maximum atomic E-state index is 10.9. The van der Waals surface area contributed by atoms with Crippen LogP contribution in [0.1, 0.15) is 5.69 Å². The van der Waals surface area contributed by atoms with Gasteiger partial charge in [0, 0.05) is 25.5 Å². The largest absolute Gasteiger partial charge is 0.367 e. The molecule has 0 saturated carbocycles. The van der Waals surface area contributed by atoms with E-state index in [1.54, 1.807) is 16.9 Å². The fourth-order valence-electron chi connectivity index (χ4n) is 1.60. The number of hydrogen-bond donors (Lipinski definition) is 2. The van der Waals surface area contributed by atoms with Gasteiger partial charge in [-0.05, 0) is 13.0 Å². The first kappa shape index (κ1) is 12.8. The van der Waals surface area contributed by atoms with Crippen molar-refractivity contribution in [2.75, 3.05) is 24.7 Å². The Morgan fingerprint density at radius 2 is 2.17 bits per heavy atom. The van der Waals surface area contributed by atoms with Crippen LogP contribution in [0.5, 0.6) is 0 Å². The molecule has 2 N–H and O–H groups in total. The summed E-state index contributed by atoms with van der Waals surface area (Å²) in [5.41, 5.74) is 1.77. The SMILES string of the molecule is Cc1cc2c(NCCNS(C)(=O)=O)nccn2n1. The van der Waals surface area contributed by atoms with Crippen LogP contribution in [0.2, 0.25) is 0 Å². The summed E-state index contributed by atoms with van der Waals surface area (Å²) in [6, 6.07) is 1.92. The number of nitrogens with one attached hydrogen (secondary N) is 2. The van der Waals surface area contributed by atoms with E-state index < -0.39 is 10.0 Å². The van der Waals surface area contributed by atoms with Crippen molar-refractivity contribution in [1.82, 2.24) is 19.3 Å². The monoisotopic (exact) mass is 269 g/mol. The van der Waals surface area contributed by atoms with Gasteiger partial charge in [0.25, 0.3) is 0 Å². The zero-order chi connectivity index (χ0) is 13.2.